The highest BCUT2D eigenvalue weighted by Crippen LogP contribution is 2.21. The number of nitrogens with zero attached hydrogens (tertiary/aromatic N) is 1. The molecule has 0 aromatic heterocycles. The second-order valence-corrected chi connectivity index (χ2v) is 6.15. The van der Waals surface area contributed by atoms with Gasteiger partial charge in [0.2, 0.25) is 0 Å². The maximum atomic E-state index is 12.1. The van der Waals surface area contributed by atoms with Gasteiger partial charge < -0.3 is 0 Å². The molecule has 3 aromatic rings. The lowest BCUT2D eigenvalue weighted by molar-refractivity contribution is 0.0955. The quantitative estimate of drug-likeness (QED) is 0.484. The molecule has 1 N–H and O–H groups in total. The number of halogens is 2. The lowest BCUT2D eigenvalue weighted by Crippen LogP contribution is -2.18. The van der Waals surface area contributed by atoms with Crippen molar-refractivity contribution in [2.24, 2.45) is 5.10 Å². The van der Waals surface area contributed by atoms with Crippen LogP contribution in [0.3, 0.4) is 0 Å². The minimum absolute atomic E-state index is 0.285. The lowest BCUT2D eigenvalue weighted by Gasteiger charge is -2.03. The summed E-state index contributed by atoms with van der Waals surface area (Å²) in [6.45, 7) is 0. The van der Waals surface area contributed by atoms with Crippen molar-refractivity contribution < 1.29 is 4.79 Å². The van der Waals surface area contributed by atoms with E-state index >= 15 is 0 Å². The molecule has 0 saturated heterocycles. The SMILES string of the molecule is O=C(N/N=C/c1ccc(-c2ccccc2)cc1)c1ccc(Cl)cc1Cl. The maximum absolute atomic E-state index is 12.1. The molecule has 3 aromatic carbocycles. The largest absolute Gasteiger partial charge is 0.272 e. The minimum atomic E-state index is -0.390. The van der Waals surface area contributed by atoms with E-state index in [1.54, 1.807) is 18.3 Å². The Labute approximate surface area is 155 Å². The van der Waals surface area contributed by atoms with Crippen LogP contribution in [-0.4, -0.2) is 12.1 Å². The Morgan fingerprint density at radius 3 is 2.24 bits per heavy atom. The zero-order valence-electron chi connectivity index (χ0n) is 13.1. The number of hydrazone groups is 1. The van der Waals surface area contributed by atoms with E-state index in [1.807, 2.05) is 42.5 Å². The van der Waals surface area contributed by atoms with E-state index in [0.29, 0.717) is 10.6 Å². The first kappa shape index (κ1) is 17.2. The summed E-state index contributed by atoms with van der Waals surface area (Å²) in [6.07, 6.45) is 1.58. The van der Waals surface area contributed by atoms with E-state index in [0.717, 1.165) is 16.7 Å². The molecular formula is C20H14Cl2N2O. The summed E-state index contributed by atoms with van der Waals surface area (Å²) in [6, 6.07) is 22.7. The fourth-order valence-electron chi connectivity index (χ4n) is 2.29. The Bertz CT molecular complexity index is 907. The van der Waals surface area contributed by atoms with E-state index in [9.17, 15) is 4.79 Å². The van der Waals surface area contributed by atoms with Gasteiger partial charge in [-0.15, -0.1) is 0 Å². The van der Waals surface area contributed by atoms with Gasteiger partial charge in [0.1, 0.15) is 0 Å². The van der Waals surface area contributed by atoms with Gasteiger partial charge in [-0.1, -0.05) is 77.8 Å². The number of hydrogen-bond donors (Lipinski definition) is 1. The third-order valence-electron chi connectivity index (χ3n) is 3.57. The molecule has 0 unspecified atom stereocenters. The normalized spacial score (nSPS) is 10.8. The van der Waals surface area contributed by atoms with Gasteiger partial charge in [0, 0.05) is 5.02 Å². The van der Waals surface area contributed by atoms with Crippen molar-refractivity contribution in [3.05, 3.63) is 94.0 Å². The first-order valence-electron chi connectivity index (χ1n) is 7.57. The number of carbonyl (C=O) groups is 1. The third kappa shape index (κ3) is 4.47. The highest BCUT2D eigenvalue weighted by molar-refractivity contribution is 6.36. The average molecular weight is 369 g/mol. The molecule has 0 saturated carbocycles. The fraction of sp³-hybridized carbons (Fsp3) is 0. The van der Waals surface area contributed by atoms with Crippen LogP contribution in [0.5, 0.6) is 0 Å². The maximum Gasteiger partial charge on any atom is 0.272 e. The predicted octanol–water partition coefficient (Wildman–Crippen LogP) is 5.42. The van der Waals surface area contributed by atoms with Gasteiger partial charge >= 0.3 is 0 Å². The van der Waals surface area contributed by atoms with Crippen LogP contribution in [0.15, 0.2) is 77.9 Å². The van der Waals surface area contributed by atoms with Gasteiger partial charge in [0.15, 0.2) is 0 Å². The predicted molar refractivity (Wildman–Crippen MR) is 103 cm³/mol. The zero-order valence-corrected chi connectivity index (χ0v) is 14.6. The molecule has 0 bridgehead atoms. The summed E-state index contributed by atoms with van der Waals surface area (Å²) in [4.78, 5) is 12.1. The second-order valence-electron chi connectivity index (χ2n) is 5.31. The molecule has 0 aliphatic heterocycles. The second kappa shape index (κ2) is 7.97. The number of nitrogens with one attached hydrogen (secondary N) is 1. The molecule has 0 atom stereocenters. The zero-order chi connectivity index (χ0) is 17.6. The van der Waals surface area contributed by atoms with E-state index in [1.165, 1.54) is 6.07 Å². The Hall–Kier alpha value is -2.62. The number of benzene rings is 3. The first-order valence-corrected chi connectivity index (χ1v) is 8.33. The molecule has 0 radical (unpaired) electrons. The smallest absolute Gasteiger partial charge is 0.267 e. The van der Waals surface area contributed by atoms with Gasteiger partial charge in [-0.25, -0.2) is 5.43 Å². The molecular weight excluding hydrogens is 355 g/mol. The molecule has 0 heterocycles. The number of hydrogen-bond acceptors (Lipinski definition) is 2. The molecule has 0 aliphatic carbocycles. The minimum Gasteiger partial charge on any atom is -0.267 e. The standard InChI is InChI=1S/C20H14Cl2N2O/c21-17-10-11-18(19(22)12-17)20(25)24-23-13-14-6-8-16(9-7-14)15-4-2-1-3-5-15/h1-13H,(H,24,25)/b23-13+. The Morgan fingerprint density at radius 1 is 0.880 bits per heavy atom. The summed E-state index contributed by atoms with van der Waals surface area (Å²) >= 11 is 11.8. The van der Waals surface area contributed by atoms with E-state index in [2.05, 4.69) is 22.7 Å². The number of amides is 1. The molecule has 3 rings (SSSR count). The molecule has 0 aliphatic rings. The van der Waals surface area contributed by atoms with Gasteiger partial charge in [-0.3, -0.25) is 4.79 Å². The van der Waals surface area contributed by atoms with Crippen molar-refractivity contribution in [3.63, 3.8) is 0 Å². The molecule has 0 fully saturated rings. The number of rotatable bonds is 4. The van der Waals surface area contributed by atoms with Crippen molar-refractivity contribution in [2.45, 2.75) is 0 Å². The van der Waals surface area contributed by atoms with Crippen molar-refractivity contribution in [2.75, 3.05) is 0 Å². The first-order chi connectivity index (χ1) is 12.1. The molecule has 3 nitrogen and oxygen atoms in total. The van der Waals surface area contributed by atoms with Gasteiger partial charge in [0.05, 0.1) is 16.8 Å². The molecule has 1 amide bonds. The van der Waals surface area contributed by atoms with Gasteiger partial charge in [-0.05, 0) is 34.9 Å². The summed E-state index contributed by atoms with van der Waals surface area (Å²) in [5.41, 5.74) is 5.93. The average Bonchev–Trinajstić information content (AvgIpc) is 2.63. The highest BCUT2D eigenvalue weighted by atomic mass is 35.5. The van der Waals surface area contributed by atoms with Crippen LogP contribution in [0.2, 0.25) is 10.0 Å². The van der Waals surface area contributed by atoms with E-state index in [-0.39, 0.29) is 10.9 Å². The van der Waals surface area contributed by atoms with Crippen molar-refractivity contribution in [1.82, 2.24) is 5.43 Å². The number of carbonyl (C=O) groups excluding carboxylic acids is 1. The summed E-state index contributed by atoms with van der Waals surface area (Å²) in [7, 11) is 0. The fourth-order valence-corrected chi connectivity index (χ4v) is 2.79. The molecule has 25 heavy (non-hydrogen) atoms. The van der Waals surface area contributed by atoms with E-state index in [4.69, 9.17) is 23.2 Å². The summed E-state index contributed by atoms with van der Waals surface area (Å²) in [5, 5.41) is 4.73. The summed E-state index contributed by atoms with van der Waals surface area (Å²) < 4.78 is 0. The van der Waals surface area contributed by atoms with Crippen LogP contribution >= 0.6 is 23.2 Å². The van der Waals surface area contributed by atoms with Crippen LogP contribution in [-0.2, 0) is 0 Å². The molecule has 124 valence electrons. The molecule has 0 spiro atoms. The van der Waals surface area contributed by atoms with Gasteiger partial charge in [-0.2, -0.15) is 5.10 Å². The molecule has 5 heteroatoms. The van der Waals surface area contributed by atoms with Crippen LogP contribution in [0.25, 0.3) is 11.1 Å². The summed E-state index contributed by atoms with van der Waals surface area (Å²) in [5.74, 6) is -0.390. The Morgan fingerprint density at radius 2 is 1.56 bits per heavy atom. The van der Waals surface area contributed by atoms with Crippen LogP contribution in [0.1, 0.15) is 15.9 Å². The lowest BCUT2D eigenvalue weighted by atomic mass is 10.0. The monoisotopic (exact) mass is 368 g/mol. The van der Waals surface area contributed by atoms with E-state index < -0.39 is 0 Å². The van der Waals surface area contributed by atoms with Crippen LogP contribution < -0.4 is 5.43 Å². The Kier molecular flexibility index (Phi) is 5.49. The third-order valence-corrected chi connectivity index (χ3v) is 4.12. The topological polar surface area (TPSA) is 41.5 Å². The van der Waals surface area contributed by atoms with Crippen molar-refractivity contribution in [3.8, 4) is 11.1 Å². The van der Waals surface area contributed by atoms with Crippen LogP contribution in [0.4, 0.5) is 0 Å². The van der Waals surface area contributed by atoms with Crippen LogP contribution in [0, 0.1) is 0 Å². The Balaban J connectivity index is 1.65. The van der Waals surface area contributed by atoms with Crippen molar-refractivity contribution >= 4 is 35.3 Å². The van der Waals surface area contributed by atoms with Crippen molar-refractivity contribution in [1.29, 1.82) is 0 Å². The van der Waals surface area contributed by atoms with Gasteiger partial charge in [0.25, 0.3) is 5.91 Å². The highest BCUT2D eigenvalue weighted by Gasteiger charge is 2.09.